The molecule has 0 aromatic heterocycles. The van der Waals surface area contributed by atoms with Crippen molar-refractivity contribution in [3.8, 4) is 0 Å². The summed E-state index contributed by atoms with van der Waals surface area (Å²) in [5.41, 5.74) is 7.64. The number of anilines is 4. The van der Waals surface area contributed by atoms with Gasteiger partial charge in [0, 0.05) is 93.2 Å². The maximum Gasteiger partial charge on any atom is 0.255 e. The van der Waals surface area contributed by atoms with Gasteiger partial charge in [-0.3, -0.25) is 28.8 Å². The van der Waals surface area contributed by atoms with E-state index in [4.69, 9.17) is 0 Å². The van der Waals surface area contributed by atoms with E-state index >= 15 is 0 Å². The highest BCUT2D eigenvalue weighted by molar-refractivity contribution is 6.11. The molecule has 4 aromatic carbocycles. The molecule has 3 heterocycles. The number of carbonyl (C=O) groups is 6. The molecule has 3 saturated heterocycles. The Morgan fingerprint density at radius 1 is 0.658 bits per heavy atom. The molecular weight excluding hydrogens is 917 g/mol. The van der Waals surface area contributed by atoms with E-state index in [0.717, 1.165) is 98.9 Å². The number of nitrogens with zero attached hydrogens (tertiary/aromatic N) is 4. The van der Waals surface area contributed by atoms with Crippen LogP contribution in [0.15, 0.2) is 72.8 Å². The van der Waals surface area contributed by atoms with Gasteiger partial charge in [0.05, 0.1) is 22.5 Å². The molecule has 1 aliphatic carbocycles. The highest BCUT2D eigenvalue weighted by Gasteiger charge is 2.35. The summed E-state index contributed by atoms with van der Waals surface area (Å²) in [5.74, 6) is 0.383. The molecule has 14 nitrogen and oxygen atoms in total. The van der Waals surface area contributed by atoms with Crippen molar-refractivity contribution in [1.29, 1.82) is 0 Å². The monoisotopic (exact) mass is 993 g/mol. The minimum Gasteiger partial charge on any atom is -0.349 e. The molecule has 4 fully saturated rings. The first-order chi connectivity index (χ1) is 35.0. The number of likely N-dealkylation sites (tertiary alicyclic amines) is 2. The molecule has 0 spiro atoms. The summed E-state index contributed by atoms with van der Waals surface area (Å²) in [5, 5.41) is 12.7. The molecule has 4 aliphatic rings. The molecule has 0 radical (unpaired) electrons. The fourth-order valence-corrected chi connectivity index (χ4v) is 11.7. The van der Waals surface area contributed by atoms with Crippen LogP contribution in [0.4, 0.5) is 22.7 Å². The lowest BCUT2D eigenvalue weighted by Gasteiger charge is -2.43. The van der Waals surface area contributed by atoms with E-state index in [1.54, 1.807) is 46.2 Å². The van der Waals surface area contributed by atoms with Gasteiger partial charge in [-0.25, -0.2) is 0 Å². The number of amides is 6. The zero-order chi connectivity index (χ0) is 51.9. The molecular formula is C59H76N8O6. The van der Waals surface area contributed by atoms with Gasteiger partial charge in [0.2, 0.25) is 11.8 Å². The summed E-state index contributed by atoms with van der Waals surface area (Å²) in [7, 11) is 0. The maximum atomic E-state index is 13.9. The predicted molar refractivity (Wildman–Crippen MR) is 290 cm³/mol. The first-order valence-corrected chi connectivity index (χ1v) is 26.8. The van der Waals surface area contributed by atoms with E-state index in [1.165, 1.54) is 32.6 Å². The van der Waals surface area contributed by atoms with Crippen molar-refractivity contribution >= 4 is 58.2 Å². The molecule has 14 heteroatoms. The molecule has 3 aliphatic heterocycles. The Hall–Kier alpha value is -6.38. The number of rotatable bonds is 17. The van der Waals surface area contributed by atoms with Crippen LogP contribution in [0.2, 0.25) is 0 Å². The van der Waals surface area contributed by atoms with E-state index in [9.17, 15) is 28.8 Å². The predicted octanol–water partition coefficient (Wildman–Crippen LogP) is 9.21. The Labute approximate surface area is 432 Å². The average Bonchev–Trinajstić information content (AvgIpc) is 3.80. The molecule has 388 valence electrons. The molecule has 3 unspecified atom stereocenters. The molecule has 4 aromatic rings. The normalized spacial score (nSPS) is 19.2. The van der Waals surface area contributed by atoms with Gasteiger partial charge in [-0.05, 0) is 188 Å². The lowest BCUT2D eigenvalue weighted by molar-refractivity contribution is -0.117. The van der Waals surface area contributed by atoms with Crippen molar-refractivity contribution in [3.05, 3.63) is 117 Å². The van der Waals surface area contributed by atoms with Gasteiger partial charge in [-0.1, -0.05) is 24.3 Å². The standard InChI is InChI=1S/C59H76N8O6/c1-8-66(42(7)68)49-14-9-12-45(35-49)56(70)62-54-39(4)30-37(2)32-51(54)58(72)60-47-20-26-64(27-21-47)25-19-43-17-18-44(43)34-41(6)65-28-22-48(23-29-65)61-59(73)52-33-38(3)31-40(5)55(52)63-57(71)46-13-10-15-50(36-46)67-24-11-16-53(67)69/h9-10,12-15,30-33,35-36,41,43-44,47-48H,8,11,16-29,34H2,1-7H3,(H,60,72)(H,61,73)(H,62,70)(H,63,71). The summed E-state index contributed by atoms with van der Waals surface area (Å²) < 4.78 is 0. The van der Waals surface area contributed by atoms with E-state index < -0.39 is 0 Å². The Morgan fingerprint density at radius 3 is 1.73 bits per heavy atom. The highest BCUT2D eigenvalue weighted by atomic mass is 16.2. The van der Waals surface area contributed by atoms with Crippen molar-refractivity contribution in [2.75, 3.05) is 66.2 Å². The lowest BCUT2D eigenvalue weighted by Crippen LogP contribution is -2.48. The highest BCUT2D eigenvalue weighted by Crippen LogP contribution is 2.41. The number of piperidine rings is 2. The topological polar surface area (TPSA) is 164 Å². The third kappa shape index (κ3) is 12.9. The number of hydrogen-bond acceptors (Lipinski definition) is 8. The molecule has 3 atom stereocenters. The summed E-state index contributed by atoms with van der Waals surface area (Å²) in [6, 6.07) is 22.3. The van der Waals surface area contributed by atoms with Gasteiger partial charge in [-0.15, -0.1) is 0 Å². The third-order valence-electron chi connectivity index (χ3n) is 16.0. The second kappa shape index (κ2) is 23.7. The van der Waals surface area contributed by atoms with Crippen molar-refractivity contribution < 1.29 is 28.8 Å². The molecule has 8 rings (SSSR count). The van der Waals surface area contributed by atoms with Crippen LogP contribution >= 0.6 is 0 Å². The van der Waals surface area contributed by atoms with Crippen LogP contribution in [0.25, 0.3) is 0 Å². The largest absolute Gasteiger partial charge is 0.349 e. The smallest absolute Gasteiger partial charge is 0.255 e. The summed E-state index contributed by atoms with van der Waals surface area (Å²) >= 11 is 0. The SMILES string of the molecule is CCN(C(C)=O)c1cccc(C(=O)Nc2c(C)cc(C)cc2C(=O)NC2CCN(CCC3CCC3CC(C)N3CCC(NC(=O)c4cc(C)cc(C)c4NC(=O)c4cccc(N5CCCC5=O)c4)CC3)CC2)c1. The van der Waals surface area contributed by atoms with Crippen molar-refractivity contribution in [3.63, 3.8) is 0 Å². The van der Waals surface area contributed by atoms with Crippen molar-refractivity contribution in [1.82, 2.24) is 20.4 Å². The second-order valence-corrected chi connectivity index (χ2v) is 21.3. The average molecular weight is 993 g/mol. The molecule has 1 saturated carbocycles. The lowest BCUT2D eigenvalue weighted by atomic mass is 9.69. The summed E-state index contributed by atoms with van der Waals surface area (Å²) in [6.07, 6.45) is 9.73. The van der Waals surface area contributed by atoms with Crippen molar-refractivity contribution in [2.24, 2.45) is 11.8 Å². The second-order valence-electron chi connectivity index (χ2n) is 21.3. The number of benzene rings is 4. The molecule has 73 heavy (non-hydrogen) atoms. The minimum atomic E-state index is -0.339. The quantitative estimate of drug-likeness (QED) is 0.0814. The summed E-state index contributed by atoms with van der Waals surface area (Å²) in [4.78, 5) is 88.0. The third-order valence-corrected chi connectivity index (χ3v) is 16.0. The Balaban J connectivity index is 0.764. The molecule has 6 amide bonds. The number of nitrogens with one attached hydrogen (secondary N) is 4. The fraction of sp³-hybridized carbons (Fsp3) is 0.492. The first kappa shape index (κ1) is 52.9. The van der Waals surface area contributed by atoms with Gasteiger partial charge < -0.3 is 40.9 Å². The number of carbonyl (C=O) groups excluding carboxylic acids is 6. The van der Waals surface area contributed by atoms with Gasteiger partial charge in [0.25, 0.3) is 23.6 Å². The van der Waals surface area contributed by atoms with E-state index in [2.05, 4.69) is 38.0 Å². The van der Waals surface area contributed by atoms with Crippen LogP contribution < -0.4 is 31.1 Å². The molecule has 4 N–H and O–H groups in total. The first-order valence-electron chi connectivity index (χ1n) is 26.8. The maximum absolute atomic E-state index is 13.9. The number of hydrogen-bond donors (Lipinski definition) is 4. The van der Waals surface area contributed by atoms with E-state index in [-0.39, 0.29) is 47.5 Å². The van der Waals surface area contributed by atoms with Gasteiger partial charge in [-0.2, -0.15) is 0 Å². The van der Waals surface area contributed by atoms with Gasteiger partial charge in [0.1, 0.15) is 0 Å². The van der Waals surface area contributed by atoms with Crippen molar-refractivity contribution in [2.45, 2.75) is 131 Å². The number of aryl methyl sites for hydroxylation is 4. The Bertz CT molecular complexity index is 2700. The Morgan fingerprint density at radius 2 is 1.21 bits per heavy atom. The zero-order valence-corrected chi connectivity index (χ0v) is 44.1. The van der Waals surface area contributed by atoms with Gasteiger partial charge in [0.15, 0.2) is 0 Å². The van der Waals surface area contributed by atoms with Crippen LogP contribution in [0.3, 0.4) is 0 Å². The van der Waals surface area contributed by atoms with E-state index in [1.807, 2.05) is 71.0 Å². The molecule has 0 bridgehead atoms. The van der Waals surface area contributed by atoms with Gasteiger partial charge >= 0.3 is 0 Å². The van der Waals surface area contributed by atoms with Crippen LogP contribution in [-0.2, 0) is 9.59 Å². The minimum absolute atomic E-state index is 0.0445. The van der Waals surface area contributed by atoms with Crippen LogP contribution in [0.5, 0.6) is 0 Å². The van der Waals surface area contributed by atoms with E-state index in [0.29, 0.717) is 70.6 Å². The van der Waals surface area contributed by atoms with Crippen LogP contribution in [-0.4, -0.2) is 109 Å². The summed E-state index contributed by atoms with van der Waals surface area (Å²) in [6.45, 7) is 19.4. The zero-order valence-electron chi connectivity index (χ0n) is 44.1. The van der Waals surface area contributed by atoms with Crippen LogP contribution in [0, 0.1) is 39.5 Å². The Kier molecular flexibility index (Phi) is 17.2. The fourth-order valence-electron chi connectivity index (χ4n) is 11.7. The van der Waals surface area contributed by atoms with Crippen LogP contribution in [0.1, 0.15) is 149 Å².